The third-order valence-electron chi connectivity index (χ3n) is 2.98. The number of pyridine rings is 1. The zero-order chi connectivity index (χ0) is 13.0. The number of nitrogens with zero attached hydrogens (tertiary/aromatic N) is 2. The van der Waals surface area contributed by atoms with E-state index in [0.29, 0.717) is 12.1 Å². The van der Waals surface area contributed by atoms with Gasteiger partial charge in [-0.25, -0.2) is 0 Å². The van der Waals surface area contributed by atoms with Crippen LogP contribution >= 0.6 is 0 Å². The van der Waals surface area contributed by atoms with E-state index in [1.165, 1.54) is 0 Å². The highest BCUT2D eigenvalue weighted by Gasteiger charge is 2.03. The molecule has 0 radical (unpaired) electrons. The predicted molar refractivity (Wildman–Crippen MR) is 74.9 cm³/mol. The lowest BCUT2D eigenvalue weighted by Crippen LogP contribution is -1.97. The number of allylic oxidation sites excluding steroid dienone is 1. The van der Waals surface area contributed by atoms with Gasteiger partial charge in [0.25, 0.3) is 0 Å². The minimum Gasteiger partial charge on any atom is -0.411 e. The second-order valence-corrected chi connectivity index (χ2v) is 4.18. The van der Waals surface area contributed by atoms with Crippen LogP contribution in [0.3, 0.4) is 0 Å². The van der Waals surface area contributed by atoms with E-state index in [-0.39, 0.29) is 0 Å². The van der Waals surface area contributed by atoms with Gasteiger partial charge in [-0.05, 0) is 30.4 Å². The number of fused-ring (bicyclic) bond motifs is 1. The topological polar surface area (TPSA) is 45.5 Å². The monoisotopic (exact) mass is 240 g/mol. The van der Waals surface area contributed by atoms with Crippen molar-refractivity contribution in [3.05, 3.63) is 47.8 Å². The van der Waals surface area contributed by atoms with Crippen molar-refractivity contribution < 1.29 is 5.21 Å². The van der Waals surface area contributed by atoms with E-state index in [0.717, 1.165) is 21.9 Å². The summed E-state index contributed by atoms with van der Waals surface area (Å²) >= 11 is 0. The Morgan fingerprint density at radius 1 is 1.33 bits per heavy atom. The molecule has 2 aromatic rings. The lowest BCUT2D eigenvalue weighted by atomic mass is 10.0. The van der Waals surface area contributed by atoms with Gasteiger partial charge in [-0.1, -0.05) is 36.3 Å². The molecule has 0 atom stereocenters. The number of hydrogen-bond acceptors (Lipinski definition) is 3. The normalized spacial score (nSPS) is 13.0. The lowest BCUT2D eigenvalue weighted by molar-refractivity contribution is 0.318. The number of aromatic nitrogens is 1. The Hall–Kier alpha value is -2.16. The zero-order valence-electron chi connectivity index (χ0n) is 10.6. The third kappa shape index (κ3) is 2.40. The van der Waals surface area contributed by atoms with Crippen molar-refractivity contribution >= 4 is 22.6 Å². The number of benzene rings is 1. The van der Waals surface area contributed by atoms with Crippen LogP contribution in [0.4, 0.5) is 0 Å². The fourth-order valence-corrected chi connectivity index (χ4v) is 2.00. The number of oxime groups is 1. The maximum atomic E-state index is 8.92. The van der Waals surface area contributed by atoms with Gasteiger partial charge in [0.15, 0.2) is 0 Å². The second-order valence-electron chi connectivity index (χ2n) is 4.18. The smallest absolute Gasteiger partial charge is 0.0822 e. The molecule has 0 spiro atoms. The van der Waals surface area contributed by atoms with E-state index < -0.39 is 0 Å². The summed E-state index contributed by atoms with van der Waals surface area (Å²) in [6.07, 6.45) is 6.39. The molecule has 1 aromatic carbocycles. The first kappa shape index (κ1) is 12.3. The Kier molecular flexibility index (Phi) is 3.72. The molecule has 3 nitrogen and oxygen atoms in total. The molecule has 92 valence electrons. The molecule has 0 aliphatic carbocycles. The molecule has 2 rings (SSSR count). The standard InChI is InChI=1S/C15H16N2O/c1-3-15(17-18)11(2)8-13-10-16-9-12-6-4-5-7-14(12)13/h4-10,18H,3H2,1-2H3. The van der Waals surface area contributed by atoms with Crippen molar-refractivity contribution in [3.8, 4) is 0 Å². The maximum absolute atomic E-state index is 8.92. The Morgan fingerprint density at radius 2 is 2.11 bits per heavy atom. The van der Waals surface area contributed by atoms with Gasteiger partial charge in [0, 0.05) is 23.3 Å². The fraction of sp³-hybridized carbons (Fsp3) is 0.200. The molecule has 1 heterocycles. The van der Waals surface area contributed by atoms with Crippen molar-refractivity contribution in [1.82, 2.24) is 4.98 Å². The van der Waals surface area contributed by atoms with E-state index in [1.807, 2.05) is 50.5 Å². The first-order valence-electron chi connectivity index (χ1n) is 5.98. The average Bonchev–Trinajstić information content (AvgIpc) is 2.40. The summed E-state index contributed by atoms with van der Waals surface area (Å²) in [4.78, 5) is 4.23. The van der Waals surface area contributed by atoms with Gasteiger partial charge in [-0.3, -0.25) is 4.98 Å². The molecule has 0 fully saturated rings. The molecule has 0 unspecified atom stereocenters. The largest absolute Gasteiger partial charge is 0.411 e. The predicted octanol–water partition coefficient (Wildman–Crippen LogP) is 3.88. The van der Waals surface area contributed by atoms with Crippen molar-refractivity contribution in [1.29, 1.82) is 0 Å². The molecular weight excluding hydrogens is 224 g/mol. The van der Waals surface area contributed by atoms with Gasteiger partial charge in [0.1, 0.15) is 0 Å². The van der Waals surface area contributed by atoms with Crippen LogP contribution in [0.1, 0.15) is 25.8 Å². The van der Waals surface area contributed by atoms with E-state index in [9.17, 15) is 0 Å². The molecule has 0 aliphatic heterocycles. The van der Waals surface area contributed by atoms with Gasteiger partial charge in [-0.15, -0.1) is 0 Å². The summed E-state index contributed by atoms with van der Waals surface area (Å²) < 4.78 is 0. The van der Waals surface area contributed by atoms with Gasteiger partial charge in [0.2, 0.25) is 0 Å². The average molecular weight is 240 g/mol. The summed E-state index contributed by atoms with van der Waals surface area (Å²) in [6.45, 7) is 3.91. The fourth-order valence-electron chi connectivity index (χ4n) is 2.00. The van der Waals surface area contributed by atoms with Crippen LogP contribution in [0.15, 0.2) is 47.4 Å². The van der Waals surface area contributed by atoms with Crippen LogP contribution in [0.5, 0.6) is 0 Å². The summed E-state index contributed by atoms with van der Waals surface area (Å²) in [5.41, 5.74) is 2.70. The molecule has 0 aliphatic rings. The highest BCUT2D eigenvalue weighted by Crippen LogP contribution is 2.20. The lowest BCUT2D eigenvalue weighted by Gasteiger charge is -2.04. The van der Waals surface area contributed by atoms with Gasteiger partial charge < -0.3 is 5.21 Å². The molecule has 1 N–H and O–H groups in total. The van der Waals surface area contributed by atoms with E-state index in [1.54, 1.807) is 0 Å². The first-order valence-corrected chi connectivity index (χ1v) is 5.98. The van der Waals surface area contributed by atoms with Crippen LogP contribution < -0.4 is 0 Å². The van der Waals surface area contributed by atoms with Crippen LogP contribution in [0.25, 0.3) is 16.8 Å². The highest BCUT2D eigenvalue weighted by atomic mass is 16.4. The summed E-state index contributed by atoms with van der Waals surface area (Å²) in [5, 5.41) is 14.5. The summed E-state index contributed by atoms with van der Waals surface area (Å²) in [7, 11) is 0. The number of rotatable bonds is 3. The van der Waals surface area contributed by atoms with Crippen molar-refractivity contribution in [2.24, 2.45) is 5.16 Å². The summed E-state index contributed by atoms with van der Waals surface area (Å²) in [6, 6.07) is 8.11. The third-order valence-corrected chi connectivity index (χ3v) is 2.98. The first-order chi connectivity index (χ1) is 8.76. The van der Waals surface area contributed by atoms with Crippen LogP contribution in [-0.4, -0.2) is 15.9 Å². The summed E-state index contributed by atoms with van der Waals surface area (Å²) in [5.74, 6) is 0. The van der Waals surface area contributed by atoms with Crippen LogP contribution in [0, 0.1) is 0 Å². The Balaban J connectivity index is 2.52. The minimum atomic E-state index is 0.697. The molecule has 0 bridgehead atoms. The van der Waals surface area contributed by atoms with E-state index in [4.69, 9.17) is 5.21 Å². The van der Waals surface area contributed by atoms with Crippen molar-refractivity contribution in [3.63, 3.8) is 0 Å². The molecule has 18 heavy (non-hydrogen) atoms. The number of hydrogen-bond donors (Lipinski definition) is 1. The van der Waals surface area contributed by atoms with Gasteiger partial charge >= 0.3 is 0 Å². The Bertz CT molecular complexity index is 609. The van der Waals surface area contributed by atoms with Crippen LogP contribution in [-0.2, 0) is 0 Å². The second kappa shape index (κ2) is 5.45. The van der Waals surface area contributed by atoms with Crippen molar-refractivity contribution in [2.75, 3.05) is 0 Å². The van der Waals surface area contributed by atoms with Gasteiger partial charge in [-0.2, -0.15) is 0 Å². The highest BCUT2D eigenvalue weighted by molar-refractivity contribution is 6.04. The van der Waals surface area contributed by atoms with Crippen molar-refractivity contribution in [2.45, 2.75) is 20.3 Å². The Labute approximate surface area is 106 Å². The zero-order valence-corrected chi connectivity index (χ0v) is 10.6. The molecule has 1 aromatic heterocycles. The SMILES string of the molecule is CCC(=NO)C(C)=Cc1cncc2ccccc12. The van der Waals surface area contributed by atoms with E-state index >= 15 is 0 Å². The quantitative estimate of drug-likeness (QED) is 0.502. The molecular formula is C15H16N2O. The molecule has 0 amide bonds. The van der Waals surface area contributed by atoms with Crippen LogP contribution in [0.2, 0.25) is 0 Å². The maximum Gasteiger partial charge on any atom is 0.0822 e. The molecule has 0 saturated carbocycles. The Morgan fingerprint density at radius 3 is 2.83 bits per heavy atom. The van der Waals surface area contributed by atoms with Gasteiger partial charge in [0.05, 0.1) is 5.71 Å². The van der Waals surface area contributed by atoms with E-state index in [2.05, 4.69) is 16.2 Å². The molecule has 3 heteroatoms. The minimum absolute atomic E-state index is 0.697. The molecule has 0 saturated heterocycles.